The fraction of sp³-hybridized carbons (Fsp3) is 0.462. The Labute approximate surface area is 111 Å². The van der Waals surface area contributed by atoms with E-state index in [1.807, 2.05) is 32.9 Å². The van der Waals surface area contributed by atoms with E-state index in [0.29, 0.717) is 18.7 Å². The lowest BCUT2D eigenvalue weighted by Gasteiger charge is -2.10. The number of hydrogen-bond acceptors (Lipinski definition) is 2. The number of amides is 1. The Morgan fingerprint density at radius 3 is 2.82 bits per heavy atom. The standard InChI is InChI=1S/C13H18BrNO2/c1-9(2)17-8-7-15-13(16)11-6-4-5-10(3)12(11)14/h4-6,9H,7-8H2,1-3H3,(H,15,16). The lowest BCUT2D eigenvalue weighted by atomic mass is 10.1. The number of nitrogens with one attached hydrogen (secondary N) is 1. The van der Waals surface area contributed by atoms with E-state index in [1.165, 1.54) is 0 Å². The quantitative estimate of drug-likeness (QED) is 0.849. The minimum atomic E-state index is -0.0760. The van der Waals surface area contributed by atoms with E-state index in [9.17, 15) is 4.79 Å². The van der Waals surface area contributed by atoms with Gasteiger partial charge in [0.25, 0.3) is 5.91 Å². The second kappa shape index (κ2) is 6.77. The van der Waals surface area contributed by atoms with Crippen LogP contribution in [0.1, 0.15) is 29.8 Å². The molecule has 1 aromatic carbocycles. The summed E-state index contributed by atoms with van der Waals surface area (Å²) < 4.78 is 6.20. The second-order valence-corrected chi connectivity index (χ2v) is 4.90. The molecule has 0 saturated carbocycles. The molecule has 0 atom stereocenters. The van der Waals surface area contributed by atoms with Gasteiger partial charge in [-0.1, -0.05) is 12.1 Å². The number of halogens is 1. The van der Waals surface area contributed by atoms with Crippen LogP contribution in [0.5, 0.6) is 0 Å². The number of ether oxygens (including phenoxy) is 1. The van der Waals surface area contributed by atoms with Crippen LogP contribution in [0.25, 0.3) is 0 Å². The molecule has 4 heteroatoms. The van der Waals surface area contributed by atoms with E-state index in [2.05, 4.69) is 21.2 Å². The zero-order valence-electron chi connectivity index (χ0n) is 10.4. The maximum absolute atomic E-state index is 11.9. The van der Waals surface area contributed by atoms with Crippen LogP contribution in [0.4, 0.5) is 0 Å². The smallest absolute Gasteiger partial charge is 0.252 e. The molecule has 1 N–H and O–H groups in total. The molecule has 1 amide bonds. The first-order valence-corrected chi connectivity index (χ1v) is 6.46. The van der Waals surface area contributed by atoms with Crippen molar-refractivity contribution in [3.63, 3.8) is 0 Å². The summed E-state index contributed by atoms with van der Waals surface area (Å²) in [7, 11) is 0. The van der Waals surface area contributed by atoms with Crippen molar-refractivity contribution in [1.29, 1.82) is 0 Å². The van der Waals surface area contributed by atoms with Crippen molar-refractivity contribution in [3.05, 3.63) is 33.8 Å². The molecule has 0 radical (unpaired) electrons. The highest BCUT2D eigenvalue weighted by atomic mass is 79.9. The van der Waals surface area contributed by atoms with Crippen molar-refractivity contribution >= 4 is 21.8 Å². The van der Waals surface area contributed by atoms with E-state index < -0.39 is 0 Å². The molecule has 3 nitrogen and oxygen atoms in total. The summed E-state index contributed by atoms with van der Waals surface area (Å²) in [5.74, 6) is -0.0760. The first-order chi connectivity index (χ1) is 8.02. The van der Waals surface area contributed by atoms with Gasteiger partial charge in [-0.25, -0.2) is 0 Å². The van der Waals surface area contributed by atoms with Gasteiger partial charge >= 0.3 is 0 Å². The molecule has 0 aromatic heterocycles. The molecule has 0 heterocycles. The fourth-order valence-electron chi connectivity index (χ4n) is 1.38. The van der Waals surface area contributed by atoms with E-state index in [0.717, 1.165) is 10.0 Å². The summed E-state index contributed by atoms with van der Waals surface area (Å²) in [6.07, 6.45) is 0.192. The van der Waals surface area contributed by atoms with Crippen LogP contribution in [-0.4, -0.2) is 25.2 Å². The van der Waals surface area contributed by atoms with Crippen molar-refractivity contribution in [3.8, 4) is 0 Å². The summed E-state index contributed by atoms with van der Waals surface area (Å²) in [4.78, 5) is 11.9. The van der Waals surface area contributed by atoms with Gasteiger partial charge in [0.2, 0.25) is 0 Å². The van der Waals surface area contributed by atoms with Gasteiger partial charge in [0.15, 0.2) is 0 Å². The van der Waals surface area contributed by atoms with Gasteiger partial charge in [-0.3, -0.25) is 4.79 Å². The third kappa shape index (κ3) is 4.48. The van der Waals surface area contributed by atoms with Crippen LogP contribution in [0, 0.1) is 6.92 Å². The Balaban J connectivity index is 2.50. The van der Waals surface area contributed by atoms with Crippen molar-refractivity contribution < 1.29 is 9.53 Å². The van der Waals surface area contributed by atoms with Crippen LogP contribution in [0.2, 0.25) is 0 Å². The van der Waals surface area contributed by atoms with E-state index in [-0.39, 0.29) is 12.0 Å². The SMILES string of the molecule is Cc1cccc(C(=O)NCCOC(C)C)c1Br. The average molecular weight is 300 g/mol. The lowest BCUT2D eigenvalue weighted by Crippen LogP contribution is -2.28. The molecule has 0 spiro atoms. The zero-order chi connectivity index (χ0) is 12.8. The van der Waals surface area contributed by atoms with Gasteiger partial charge in [0, 0.05) is 11.0 Å². The summed E-state index contributed by atoms with van der Waals surface area (Å²) in [6, 6.07) is 5.64. The van der Waals surface area contributed by atoms with Crippen LogP contribution in [-0.2, 0) is 4.74 Å². The van der Waals surface area contributed by atoms with Gasteiger partial charge in [0.1, 0.15) is 0 Å². The van der Waals surface area contributed by atoms with Crippen LogP contribution in [0.3, 0.4) is 0 Å². The minimum Gasteiger partial charge on any atom is -0.377 e. The Hall–Kier alpha value is -0.870. The number of carbonyl (C=O) groups excluding carboxylic acids is 1. The van der Waals surface area contributed by atoms with Crippen LogP contribution in [0.15, 0.2) is 22.7 Å². The Morgan fingerprint density at radius 2 is 2.18 bits per heavy atom. The Bertz CT molecular complexity index is 391. The first-order valence-electron chi connectivity index (χ1n) is 5.67. The van der Waals surface area contributed by atoms with Gasteiger partial charge in [-0.15, -0.1) is 0 Å². The van der Waals surface area contributed by atoms with E-state index >= 15 is 0 Å². The molecule has 1 aromatic rings. The van der Waals surface area contributed by atoms with Crippen LogP contribution >= 0.6 is 15.9 Å². The normalized spacial score (nSPS) is 10.6. The van der Waals surface area contributed by atoms with Gasteiger partial charge in [-0.05, 0) is 48.3 Å². The summed E-state index contributed by atoms with van der Waals surface area (Å²) >= 11 is 3.42. The van der Waals surface area contributed by atoms with Crippen LogP contribution < -0.4 is 5.32 Å². The minimum absolute atomic E-state index is 0.0760. The highest BCUT2D eigenvalue weighted by Gasteiger charge is 2.10. The molecule has 0 aliphatic heterocycles. The molecule has 17 heavy (non-hydrogen) atoms. The van der Waals surface area contributed by atoms with Crippen molar-refractivity contribution in [2.75, 3.05) is 13.2 Å². The van der Waals surface area contributed by atoms with Crippen molar-refractivity contribution in [2.45, 2.75) is 26.9 Å². The van der Waals surface area contributed by atoms with Gasteiger partial charge < -0.3 is 10.1 Å². The molecule has 0 saturated heterocycles. The average Bonchev–Trinajstić information content (AvgIpc) is 2.27. The molecule has 0 bridgehead atoms. The molecular formula is C13H18BrNO2. The largest absolute Gasteiger partial charge is 0.377 e. The molecule has 0 fully saturated rings. The number of hydrogen-bond donors (Lipinski definition) is 1. The maximum atomic E-state index is 11.9. The number of rotatable bonds is 5. The molecular weight excluding hydrogens is 282 g/mol. The fourth-order valence-corrected chi connectivity index (χ4v) is 1.82. The van der Waals surface area contributed by atoms with E-state index in [4.69, 9.17) is 4.74 Å². The highest BCUT2D eigenvalue weighted by molar-refractivity contribution is 9.10. The predicted molar refractivity (Wildman–Crippen MR) is 72.3 cm³/mol. The monoisotopic (exact) mass is 299 g/mol. The van der Waals surface area contributed by atoms with Crippen molar-refractivity contribution in [2.24, 2.45) is 0 Å². The molecule has 1 rings (SSSR count). The maximum Gasteiger partial charge on any atom is 0.252 e. The lowest BCUT2D eigenvalue weighted by molar-refractivity contribution is 0.0746. The summed E-state index contributed by atoms with van der Waals surface area (Å²) in [5, 5.41) is 2.83. The molecule has 0 aliphatic carbocycles. The van der Waals surface area contributed by atoms with Crippen molar-refractivity contribution in [1.82, 2.24) is 5.32 Å². The zero-order valence-corrected chi connectivity index (χ0v) is 12.0. The molecule has 0 unspecified atom stereocenters. The van der Waals surface area contributed by atoms with E-state index in [1.54, 1.807) is 6.07 Å². The third-order valence-electron chi connectivity index (χ3n) is 2.28. The third-order valence-corrected chi connectivity index (χ3v) is 3.33. The predicted octanol–water partition coefficient (Wildman–Crippen LogP) is 2.91. The Morgan fingerprint density at radius 1 is 1.47 bits per heavy atom. The molecule has 0 aliphatic rings. The van der Waals surface area contributed by atoms with Gasteiger partial charge in [-0.2, -0.15) is 0 Å². The highest BCUT2D eigenvalue weighted by Crippen LogP contribution is 2.20. The summed E-state index contributed by atoms with van der Waals surface area (Å²) in [6.45, 7) is 6.96. The number of aryl methyl sites for hydroxylation is 1. The number of benzene rings is 1. The van der Waals surface area contributed by atoms with Gasteiger partial charge in [0.05, 0.1) is 18.3 Å². The molecule has 94 valence electrons. The Kier molecular flexibility index (Phi) is 5.65. The summed E-state index contributed by atoms with van der Waals surface area (Å²) in [5.41, 5.74) is 1.71. The first kappa shape index (κ1) is 14.2. The topological polar surface area (TPSA) is 38.3 Å². The number of carbonyl (C=O) groups is 1. The second-order valence-electron chi connectivity index (χ2n) is 4.11.